The highest BCUT2D eigenvalue weighted by molar-refractivity contribution is 5.35. The second kappa shape index (κ2) is 3.92. The van der Waals surface area contributed by atoms with Crippen molar-refractivity contribution in [3.05, 3.63) is 17.0 Å². The standard InChI is InChI=1S/C10H16N4/c1-3-12-10-13-7(2)8-4-5-11-6-9(8)14-10/h11H,3-6H2,1-2H3,(H,12,13,14). The molecule has 0 atom stereocenters. The minimum atomic E-state index is 0.757. The highest BCUT2D eigenvalue weighted by Crippen LogP contribution is 2.16. The quantitative estimate of drug-likeness (QED) is 0.729. The molecule has 14 heavy (non-hydrogen) atoms. The van der Waals surface area contributed by atoms with Crippen LogP contribution in [0.4, 0.5) is 5.95 Å². The maximum Gasteiger partial charge on any atom is 0.223 e. The minimum absolute atomic E-state index is 0.757. The lowest BCUT2D eigenvalue weighted by atomic mass is 10.1. The van der Waals surface area contributed by atoms with Crippen LogP contribution in [0.25, 0.3) is 0 Å². The molecule has 76 valence electrons. The lowest BCUT2D eigenvalue weighted by Crippen LogP contribution is -2.26. The van der Waals surface area contributed by atoms with Gasteiger partial charge in [0.05, 0.1) is 5.69 Å². The summed E-state index contributed by atoms with van der Waals surface area (Å²) in [5.74, 6) is 0.757. The van der Waals surface area contributed by atoms with Crippen molar-refractivity contribution in [2.45, 2.75) is 26.8 Å². The molecule has 1 aromatic rings. The highest BCUT2D eigenvalue weighted by Gasteiger charge is 2.14. The van der Waals surface area contributed by atoms with Crippen LogP contribution in [0.1, 0.15) is 23.9 Å². The van der Waals surface area contributed by atoms with Crippen molar-refractivity contribution in [3.63, 3.8) is 0 Å². The molecule has 2 N–H and O–H groups in total. The lowest BCUT2D eigenvalue weighted by molar-refractivity contribution is 0.620. The van der Waals surface area contributed by atoms with Gasteiger partial charge in [0.1, 0.15) is 0 Å². The predicted octanol–water partition coefficient (Wildman–Crippen LogP) is 0.863. The van der Waals surface area contributed by atoms with Gasteiger partial charge in [0.2, 0.25) is 5.95 Å². The third-order valence-corrected chi connectivity index (χ3v) is 2.48. The molecule has 0 aromatic carbocycles. The summed E-state index contributed by atoms with van der Waals surface area (Å²) in [5, 5.41) is 6.47. The van der Waals surface area contributed by atoms with E-state index in [1.807, 2.05) is 0 Å². The zero-order valence-electron chi connectivity index (χ0n) is 8.72. The molecule has 0 aliphatic carbocycles. The number of hydrogen-bond acceptors (Lipinski definition) is 4. The maximum absolute atomic E-state index is 4.48. The average molecular weight is 192 g/mol. The zero-order chi connectivity index (χ0) is 9.97. The fraction of sp³-hybridized carbons (Fsp3) is 0.600. The Kier molecular flexibility index (Phi) is 2.63. The molecule has 4 heteroatoms. The largest absolute Gasteiger partial charge is 0.354 e. The van der Waals surface area contributed by atoms with Gasteiger partial charge in [-0.25, -0.2) is 9.97 Å². The lowest BCUT2D eigenvalue weighted by Gasteiger charge is -2.18. The monoisotopic (exact) mass is 192 g/mol. The first-order valence-corrected chi connectivity index (χ1v) is 5.12. The molecule has 2 heterocycles. The van der Waals surface area contributed by atoms with E-state index in [-0.39, 0.29) is 0 Å². The van der Waals surface area contributed by atoms with Gasteiger partial charge >= 0.3 is 0 Å². The van der Waals surface area contributed by atoms with Crippen LogP contribution in [0.2, 0.25) is 0 Å². The Hall–Kier alpha value is -1.16. The first-order valence-electron chi connectivity index (χ1n) is 5.12. The van der Waals surface area contributed by atoms with Crippen molar-refractivity contribution < 1.29 is 0 Å². The van der Waals surface area contributed by atoms with Gasteiger partial charge in [0.25, 0.3) is 0 Å². The molecule has 0 amide bonds. The number of aromatic nitrogens is 2. The van der Waals surface area contributed by atoms with E-state index >= 15 is 0 Å². The summed E-state index contributed by atoms with van der Waals surface area (Å²) >= 11 is 0. The van der Waals surface area contributed by atoms with Crippen LogP contribution in [-0.2, 0) is 13.0 Å². The summed E-state index contributed by atoms with van der Waals surface area (Å²) in [5.41, 5.74) is 3.59. The van der Waals surface area contributed by atoms with E-state index < -0.39 is 0 Å². The number of nitrogens with one attached hydrogen (secondary N) is 2. The molecule has 4 nitrogen and oxygen atoms in total. The average Bonchev–Trinajstić information content (AvgIpc) is 2.18. The van der Waals surface area contributed by atoms with E-state index in [0.29, 0.717) is 0 Å². The van der Waals surface area contributed by atoms with Crippen LogP contribution in [0, 0.1) is 6.92 Å². The normalized spacial score (nSPS) is 15.0. The Morgan fingerprint density at radius 1 is 1.43 bits per heavy atom. The second-order valence-corrected chi connectivity index (χ2v) is 3.51. The Morgan fingerprint density at radius 3 is 3.07 bits per heavy atom. The number of anilines is 1. The molecular formula is C10H16N4. The summed E-state index contributed by atoms with van der Waals surface area (Å²) < 4.78 is 0. The number of aryl methyl sites for hydroxylation is 1. The fourth-order valence-electron chi connectivity index (χ4n) is 1.78. The van der Waals surface area contributed by atoms with Gasteiger partial charge in [-0.2, -0.15) is 0 Å². The minimum Gasteiger partial charge on any atom is -0.354 e. The van der Waals surface area contributed by atoms with Crippen LogP contribution < -0.4 is 10.6 Å². The van der Waals surface area contributed by atoms with Crippen molar-refractivity contribution in [1.29, 1.82) is 0 Å². The number of nitrogens with zero attached hydrogens (tertiary/aromatic N) is 2. The molecular weight excluding hydrogens is 176 g/mol. The van der Waals surface area contributed by atoms with Crippen molar-refractivity contribution in [2.24, 2.45) is 0 Å². The molecule has 0 saturated carbocycles. The number of hydrogen-bond donors (Lipinski definition) is 2. The molecule has 1 aliphatic heterocycles. The van der Waals surface area contributed by atoms with Crippen LogP contribution in [0.5, 0.6) is 0 Å². The van der Waals surface area contributed by atoms with Crippen LogP contribution in [0.15, 0.2) is 0 Å². The maximum atomic E-state index is 4.48. The van der Waals surface area contributed by atoms with E-state index in [1.54, 1.807) is 0 Å². The molecule has 0 fully saturated rings. The molecule has 1 aromatic heterocycles. The molecule has 2 rings (SSSR count). The molecule has 0 radical (unpaired) electrons. The SMILES string of the molecule is CCNc1nc(C)c2c(n1)CNCC2. The summed E-state index contributed by atoms with van der Waals surface area (Å²) in [7, 11) is 0. The second-order valence-electron chi connectivity index (χ2n) is 3.51. The van der Waals surface area contributed by atoms with Crippen molar-refractivity contribution in [2.75, 3.05) is 18.4 Å². The molecule has 0 saturated heterocycles. The smallest absolute Gasteiger partial charge is 0.223 e. The van der Waals surface area contributed by atoms with Gasteiger partial charge in [-0.3, -0.25) is 0 Å². The Labute approximate surface area is 84.2 Å². The van der Waals surface area contributed by atoms with Crippen molar-refractivity contribution >= 4 is 5.95 Å². The summed E-state index contributed by atoms with van der Waals surface area (Å²) in [6.07, 6.45) is 1.05. The summed E-state index contributed by atoms with van der Waals surface area (Å²) in [4.78, 5) is 8.91. The van der Waals surface area contributed by atoms with Crippen LogP contribution in [0.3, 0.4) is 0 Å². The highest BCUT2D eigenvalue weighted by atomic mass is 15.1. The number of fused-ring (bicyclic) bond motifs is 1. The van der Waals surface area contributed by atoms with Crippen molar-refractivity contribution in [3.8, 4) is 0 Å². The van der Waals surface area contributed by atoms with Crippen LogP contribution in [-0.4, -0.2) is 23.1 Å². The Morgan fingerprint density at radius 2 is 2.29 bits per heavy atom. The van der Waals surface area contributed by atoms with Gasteiger partial charge < -0.3 is 10.6 Å². The first-order chi connectivity index (χ1) is 6.81. The van der Waals surface area contributed by atoms with E-state index in [9.17, 15) is 0 Å². The Balaban J connectivity index is 2.36. The molecule has 0 bridgehead atoms. The first kappa shape index (κ1) is 9.40. The molecule has 1 aliphatic rings. The zero-order valence-corrected chi connectivity index (χ0v) is 8.72. The van der Waals surface area contributed by atoms with E-state index in [0.717, 1.165) is 43.4 Å². The van der Waals surface area contributed by atoms with Gasteiger partial charge in [-0.05, 0) is 32.4 Å². The summed E-state index contributed by atoms with van der Waals surface area (Å²) in [6.45, 7) is 6.89. The summed E-state index contributed by atoms with van der Waals surface area (Å²) in [6, 6.07) is 0. The van der Waals surface area contributed by atoms with Gasteiger partial charge in [0, 0.05) is 18.8 Å². The van der Waals surface area contributed by atoms with Crippen molar-refractivity contribution in [1.82, 2.24) is 15.3 Å². The third-order valence-electron chi connectivity index (χ3n) is 2.48. The third kappa shape index (κ3) is 1.70. The molecule has 0 unspecified atom stereocenters. The van der Waals surface area contributed by atoms with E-state index in [4.69, 9.17) is 0 Å². The fourth-order valence-corrected chi connectivity index (χ4v) is 1.78. The predicted molar refractivity (Wildman–Crippen MR) is 56.3 cm³/mol. The van der Waals surface area contributed by atoms with Gasteiger partial charge in [-0.15, -0.1) is 0 Å². The van der Waals surface area contributed by atoms with E-state index in [1.165, 1.54) is 5.56 Å². The molecule has 0 spiro atoms. The van der Waals surface area contributed by atoms with Gasteiger partial charge in [0.15, 0.2) is 0 Å². The number of rotatable bonds is 2. The van der Waals surface area contributed by atoms with E-state index in [2.05, 4.69) is 34.4 Å². The van der Waals surface area contributed by atoms with Gasteiger partial charge in [-0.1, -0.05) is 0 Å². The Bertz CT molecular complexity index is 335. The topological polar surface area (TPSA) is 49.8 Å². The van der Waals surface area contributed by atoms with Crippen LogP contribution >= 0.6 is 0 Å².